The number of hydrogen-bond donors (Lipinski definition) is 1. The summed E-state index contributed by atoms with van der Waals surface area (Å²) in [6.45, 7) is 2.00. The number of aromatic hydroxyl groups is 1. The number of carbonyl (C=O) groups is 1. The maximum Gasteiger partial charge on any atom is 0.341 e. The summed E-state index contributed by atoms with van der Waals surface area (Å²) in [4.78, 5) is 11.9. The normalized spacial score (nSPS) is 10.2. The van der Waals surface area contributed by atoms with Gasteiger partial charge in [-0.25, -0.2) is 4.79 Å². The molecule has 0 spiro atoms. The average Bonchev–Trinajstić information content (AvgIpc) is 2.50. The first-order chi connectivity index (χ1) is 10.1. The van der Waals surface area contributed by atoms with Crippen molar-refractivity contribution in [2.24, 2.45) is 0 Å². The highest BCUT2D eigenvalue weighted by molar-refractivity contribution is 5.92. The van der Waals surface area contributed by atoms with E-state index >= 15 is 0 Å². The zero-order chi connectivity index (χ0) is 15.2. The number of hydrogen-bond acceptors (Lipinski definition) is 4. The molecule has 2 aromatic carbocycles. The van der Waals surface area contributed by atoms with Crippen molar-refractivity contribution < 1.29 is 19.4 Å². The molecule has 2 aromatic rings. The summed E-state index contributed by atoms with van der Waals surface area (Å²) in [6, 6.07) is 12.6. The Hall–Kier alpha value is -2.49. The summed E-state index contributed by atoms with van der Waals surface area (Å²) in [5, 5.41) is 9.83. The Bertz CT molecular complexity index is 617. The van der Waals surface area contributed by atoms with Crippen molar-refractivity contribution in [3.63, 3.8) is 0 Å². The Morgan fingerprint density at radius 2 is 1.86 bits per heavy atom. The molecule has 0 aromatic heterocycles. The zero-order valence-electron chi connectivity index (χ0n) is 12.1. The molecule has 0 heterocycles. The molecular formula is C17H18O4. The predicted octanol–water partition coefficient (Wildman–Crippen LogP) is 3.11. The monoisotopic (exact) mass is 286 g/mol. The van der Waals surface area contributed by atoms with E-state index in [-0.39, 0.29) is 17.9 Å². The van der Waals surface area contributed by atoms with E-state index in [1.807, 2.05) is 24.3 Å². The predicted molar refractivity (Wildman–Crippen MR) is 79.8 cm³/mol. The Morgan fingerprint density at radius 1 is 1.14 bits per heavy atom. The van der Waals surface area contributed by atoms with Crippen molar-refractivity contribution in [1.82, 2.24) is 0 Å². The molecule has 0 saturated heterocycles. The van der Waals surface area contributed by atoms with Crippen molar-refractivity contribution in [3.8, 4) is 11.5 Å². The molecule has 110 valence electrons. The van der Waals surface area contributed by atoms with Crippen LogP contribution in [-0.4, -0.2) is 24.8 Å². The van der Waals surface area contributed by atoms with E-state index in [9.17, 15) is 9.90 Å². The van der Waals surface area contributed by atoms with Crippen LogP contribution in [0.1, 0.15) is 21.5 Å². The first kappa shape index (κ1) is 14.9. The quantitative estimate of drug-likeness (QED) is 0.858. The van der Waals surface area contributed by atoms with Crippen LogP contribution in [0.5, 0.6) is 11.5 Å². The van der Waals surface area contributed by atoms with Gasteiger partial charge in [-0.3, -0.25) is 0 Å². The third-order valence-corrected chi connectivity index (χ3v) is 3.24. The van der Waals surface area contributed by atoms with Crippen LogP contribution in [0.2, 0.25) is 0 Å². The smallest absolute Gasteiger partial charge is 0.341 e. The second-order valence-corrected chi connectivity index (χ2v) is 4.71. The van der Waals surface area contributed by atoms with Crippen LogP contribution < -0.4 is 4.74 Å². The molecule has 21 heavy (non-hydrogen) atoms. The molecule has 0 radical (unpaired) electrons. The molecular weight excluding hydrogens is 268 g/mol. The van der Waals surface area contributed by atoms with Crippen LogP contribution in [-0.2, 0) is 11.2 Å². The SMILES string of the molecule is COc1ccc(CCOC(=O)c2cccc(C)c2O)cc1. The van der Waals surface area contributed by atoms with Gasteiger partial charge >= 0.3 is 5.97 Å². The third-order valence-electron chi connectivity index (χ3n) is 3.24. The number of esters is 1. The molecule has 1 N–H and O–H groups in total. The third kappa shape index (κ3) is 3.75. The fourth-order valence-electron chi connectivity index (χ4n) is 1.96. The molecule has 2 rings (SSSR count). The number of methoxy groups -OCH3 is 1. The van der Waals surface area contributed by atoms with Gasteiger partial charge in [-0.15, -0.1) is 0 Å². The van der Waals surface area contributed by atoms with E-state index in [0.717, 1.165) is 11.3 Å². The highest BCUT2D eigenvalue weighted by atomic mass is 16.5. The van der Waals surface area contributed by atoms with Crippen molar-refractivity contribution >= 4 is 5.97 Å². The van der Waals surface area contributed by atoms with Crippen LogP contribution in [0.15, 0.2) is 42.5 Å². The van der Waals surface area contributed by atoms with E-state index in [1.165, 1.54) is 0 Å². The number of aryl methyl sites for hydroxylation is 1. The lowest BCUT2D eigenvalue weighted by Crippen LogP contribution is -2.08. The summed E-state index contributed by atoms with van der Waals surface area (Å²) in [5.41, 5.74) is 1.90. The highest BCUT2D eigenvalue weighted by Gasteiger charge is 2.13. The second kappa shape index (κ2) is 6.79. The lowest BCUT2D eigenvalue weighted by molar-refractivity contribution is 0.0506. The standard InChI is InChI=1S/C17H18O4/c1-12-4-3-5-15(16(12)18)17(19)21-11-10-13-6-8-14(20-2)9-7-13/h3-9,18H,10-11H2,1-2H3. The summed E-state index contributed by atoms with van der Waals surface area (Å²) >= 11 is 0. The van der Waals surface area contributed by atoms with E-state index in [4.69, 9.17) is 9.47 Å². The first-order valence-corrected chi connectivity index (χ1v) is 6.70. The van der Waals surface area contributed by atoms with Crippen LogP contribution in [0.3, 0.4) is 0 Å². The minimum atomic E-state index is -0.510. The van der Waals surface area contributed by atoms with Crippen molar-refractivity contribution in [2.45, 2.75) is 13.3 Å². The topological polar surface area (TPSA) is 55.8 Å². The minimum absolute atomic E-state index is 0.0213. The Kier molecular flexibility index (Phi) is 4.82. The maximum atomic E-state index is 11.9. The Labute approximate surface area is 123 Å². The number of rotatable bonds is 5. The Morgan fingerprint density at radius 3 is 2.52 bits per heavy atom. The molecule has 0 amide bonds. The summed E-state index contributed by atoms with van der Waals surface area (Å²) in [7, 11) is 1.62. The number of phenolic OH excluding ortho intramolecular Hbond substituents is 1. The van der Waals surface area contributed by atoms with Crippen LogP contribution in [0.4, 0.5) is 0 Å². The lowest BCUT2D eigenvalue weighted by atomic mass is 10.1. The summed E-state index contributed by atoms with van der Waals surface area (Å²) in [5.74, 6) is 0.261. The first-order valence-electron chi connectivity index (χ1n) is 6.70. The summed E-state index contributed by atoms with van der Waals surface area (Å²) in [6.07, 6.45) is 0.613. The van der Waals surface area contributed by atoms with Gasteiger partial charge < -0.3 is 14.6 Å². The molecule has 0 aliphatic heterocycles. The largest absolute Gasteiger partial charge is 0.507 e. The summed E-state index contributed by atoms with van der Waals surface area (Å²) < 4.78 is 10.3. The molecule has 4 nitrogen and oxygen atoms in total. The fraction of sp³-hybridized carbons (Fsp3) is 0.235. The molecule has 0 fully saturated rings. The number of phenols is 1. The van der Waals surface area contributed by atoms with E-state index in [1.54, 1.807) is 32.2 Å². The highest BCUT2D eigenvalue weighted by Crippen LogP contribution is 2.22. The van der Waals surface area contributed by atoms with Crippen LogP contribution >= 0.6 is 0 Å². The molecule has 0 bridgehead atoms. The van der Waals surface area contributed by atoms with Gasteiger partial charge in [0, 0.05) is 6.42 Å². The van der Waals surface area contributed by atoms with Gasteiger partial charge in [-0.1, -0.05) is 24.3 Å². The van der Waals surface area contributed by atoms with Gasteiger partial charge in [0.25, 0.3) is 0 Å². The van der Waals surface area contributed by atoms with Crippen molar-refractivity contribution in [2.75, 3.05) is 13.7 Å². The molecule has 0 unspecified atom stereocenters. The van der Waals surface area contributed by atoms with E-state index in [2.05, 4.69) is 0 Å². The van der Waals surface area contributed by atoms with Gasteiger partial charge in [-0.2, -0.15) is 0 Å². The minimum Gasteiger partial charge on any atom is -0.507 e. The Balaban J connectivity index is 1.90. The number of benzene rings is 2. The van der Waals surface area contributed by atoms with Gasteiger partial charge in [0.05, 0.1) is 13.7 Å². The molecule has 0 aliphatic carbocycles. The number of carbonyl (C=O) groups excluding carboxylic acids is 1. The van der Waals surface area contributed by atoms with Gasteiger partial charge in [-0.05, 0) is 36.2 Å². The van der Waals surface area contributed by atoms with Gasteiger partial charge in [0.2, 0.25) is 0 Å². The molecule has 0 saturated carbocycles. The van der Waals surface area contributed by atoms with Crippen LogP contribution in [0.25, 0.3) is 0 Å². The van der Waals surface area contributed by atoms with E-state index < -0.39 is 5.97 Å². The number of para-hydroxylation sites is 1. The zero-order valence-corrected chi connectivity index (χ0v) is 12.1. The average molecular weight is 286 g/mol. The molecule has 0 atom stereocenters. The molecule has 0 aliphatic rings. The second-order valence-electron chi connectivity index (χ2n) is 4.71. The fourth-order valence-corrected chi connectivity index (χ4v) is 1.96. The van der Waals surface area contributed by atoms with Crippen molar-refractivity contribution in [3.05, 3.63) is 59.2 Å². The van der Waals surface area contributed by atoms with Gasteiger partial charge in [0.15, 0.2) is 0 Å². The lowest BCUT2D eigenvalue weighted by Gasteiger charge is -2.08. The van der Waals surface area contributed by atoms with Crippen molar-refractivity contribution in [1.29, 1.82) is 0 Å². The number of ether oxygens (including phenoxy) is 2. The van der Waals surface area contributed by atoms with Gasteiger partial charge in [0.1, 0.15) is 17.1 Å². The van der Waals surface area contributed by atoms with E-state index in [0.29, 0.717) is 12.0 Å². The van der Waals surface area contributed by atoms with Crippen LogP contribution in [0, 0.1) is 6.92 Å². The molecule has 4 heteroatoms. The maximum absolute atomic E-state index is 11.9.